The van der Waals surface area contributed by atoms with E-state index in [2.05, 4.69) is 9.97 Å². The van der Waals surface area contributed by atoms with Gasteiger partial charge >= 0.3 is 6.18 Å². The summed E-state index contributed by atoms with van der Waals surface area (Å²) in [6.45, 7) is 3.39. The number of benzene rings is 1. The Morgan fingerprint density at radius 2 is 1.80 bits per heavy atom. The van der Waals surface area contributed by atoms with Gasteiger partial charge in [-0.2, -0.15) is 17.5 Å². The molecular formula is C31H38ClF3N6O4S. The van der Waals surface area contributed by atoms with Gasteiger partial charge in [0.1, 0.15) is 0 Å². The Balaban J connectivity index is 1.17. The summed E-state index contributed by atoms with van der Waals surface area (Å²) in [6, 6.07) is 2.34. The molecule has 5 heterocycles. The first kappa shape index (κ1) is 33.0. The lowest BCUT2D eigenvalue weighted by molar-refractivity contribution is -0.136. The number of primary amides is 1. The molecule has 2 bridgehead atoms. The smallest absolute Gasteiger partial charge is 0.366 e. The number of carbonyl (C=O) groups is 2. The minimum absolute atomic E-state index is 0.0218. The average Bonchev–Trinajstić information content (AvgIpc) is 3.59. The van der Waals surface area contributed by atoms with Gasteiger partial charge in [-0.1, -0.05) is 11.6 Å². The van der Waals surface area contributed by atoms with Crippen LogP contribution < -0.4 is 10.6 Å². The lowest BCUT2D eigenvalue weighted by atomic mass is 9.97. The van der Waals surface area contributed by atoms with Crippen molar-refractivity contribution >= 4 is 50.8 Å². The second-order valence-corrected chi connectivity index (χ2v) is 15.3. The summed E-state index contributed by atoms with van der Waals surface area (Å²) in [4.78, 5) is 37.2. The third kappa shape index (κ3) is 6.58. The number of amides is 2. The maximum Gasteiger partial charge on any atom is 0.389 e. The van der Waals surface area contributed by atoms with Gasteiger partial charge in [0.2, 0.25) is 15.9 Å². The van der Waals surface area contributed by atoms with Crippen LogP contribution in [0, 0.1) is 12.8 Å². The highest BCUT2D eigenvalue weighted by atomic mass is 35.5. The van der Waals surface area contributed by atoms with Crippen LogP contribution in [0.15, 0.2) is 18.5 Å². The molecule has 250 valence electrons. The molecule has 2 amide bonds. The fourth-order valence-electron chi connectivity index (χ4n) is 7.71. The molecular weight excluding hydrogens is 645 g/mol. The van der Waals surface area contributed by atoms with Crippen molar-refractivity contribution in [2.45, 2.75) is 82.6 Å². The number of H-pyrrole nitrogens is 1. The SMILES string of the molecule is Cc1[nH]cnc1/C=C1\C(=O)N(C2CC3CCC(C2)N3S(=O)(=O)CC2CCN(CCCC(F)(F)F)CC2)c2cc(Cl)c(C(N)=O)cc21. The van der Waals surface area contributed by atoms with Crippen LogP contribution in [-0.2, 0) is 14.8 Å². The summed E-state index contributed by atoms with van der Waals surface area (Å²) >= 11 is 6.46. The van der Waals surface area contributed by atoms with Crippen molar-refractivity contribution in [2.75, 3.05) is 30.3 Å². The summed E-state index contributed by atoms with van der Waals surface area (Å²) in [6.07, 6.45) is 1.88. The third-order valence-electron chi connectivity index (χ3n) is 9.92. The van der Waals surface area contributed by atoms with Crippen molar-refractivity contribution in [3.05, 3.63) is 46.0 Å². The number of imidazole rings is 1. The fraction of sp³-hybridized carbons (Fsp3) is 0.581. The molecule has 6 rings (SSSR count). The van der Waals surface area contributed by atoms with Gasteiger partial charge in [0, 0.05) is 35.8 Å². The molecule has 0 aliphatic carbocycles. The number of nitrogens with zero attached hydrogens (tertiary/aromatic N) is 4. The zero-order valence-electron chi connectivity index (χ0n) is 25.5. The fourth-order valence-corrected chi connectivity index (χ4v) is 10.4. The Kier molecular flexibility index (Phi) is 9.02. The lowest BCUT2D eigenvalue weighted by Crippen LogP contribution is -2.54. The third-order valence-corrected chi connectivity index (χ3v) is 12.4. The van der Waals surface area contributed by atoms with Crippen LogP contribution in [0.3, 0.4) is 0 Å². The predicted octanol–water partition coefficient (Wildman–Crippen LogP) is 4.74. The quantitative estimate of drug-likeness (QED) is 0.368. The number of nitrogens with two attached hydrogens (primary N) is 1. The predicted molar refractivity (Wildman–Crippen MR) is 169 cm³/mol. The van der Waals surface area contributed by atoms with E-state index in [0.717, 1.165) is 5.69 Å². The second kappa shape index (κ2) is 12.6. The number of nitrogens with one attached hydrogen (secondary N) is 1. The number of rotatable bonds is 9. The molecule has 2 unspecified atom stereocenters. The maximum atomic E-state index is 14.1. The molecule has 1 aromatic heterocycles. The van der Waals surface area contributed by atoms with Crippen LogP contribution in [0.1, 0.15) is 78.7 Å². The monoisotopic (exact) mass is 682 g/mol. The van der Waals surface area contributed by atoms with Crippen molar-refractivity contribution in [3.63, 3.8) is 0 Å². The summed E-state index contributed by atoms with van der Waals surface area (Å²) in [5.41, 5.74) is 8.47. The molecule has 10 nitrogen and oxygen atoms in total. The van der Waals surface area contributed by atoms with Crippen LogP contribution in [0.2, 0.25) is 5.02 Å². The van der Waals surface area contributed by atoms with E-state index in [9.17, 15) is 31.2 Å². The number of halogens is 4. The minimum Gasteiger partial charge on any atom is -0.366 e. The molecule has 1 aromatic carbocycles. The largest absolute Gasteiger partial charge is 0.389 e. The molecule has 0 spiro atoms. The van der Waals surface area contributed by atoms with Gasteiger partial charge in [-0.3, -0.25) is 9.59 Å². The van der Waals surface area contributed by atoms with Gasteiger partial charge in [-0.25, -0.2) is 13.4 Å². The van der Waals surface area contributed by atoms with Crippen LogP contribution >= 0.6 is 11.6 Å². The zero-order valence-corrected chi connectivity index (χ0v) is 27.1. The van der Waals surface area contributed by atoms with Gasteiger partial charge in [0.25, 0.3) is 5.91 Å². The summed E-state index contributed by atoms with van der Waals surface area (Å²) in [5.74, 6) is -1.00. The molecule has 3 fully saturated rings. The Labute approximate surface area is 271 Å². The molecule has 4 aliphatic rings. The van der Waals surface area contributed by atoms with E-state index in [4.69, 9.17) is 17.3 Å². The standard InChI is InChI=1S/C31H38ClF3N6O4S/c1-18-27(38-17-37-18)14-24-23-13-25(29(36)42)26(32)15-28(23)40(30(24)43)22-11-20-3-4-21(12-22)41(20)46(44,45)16-19-5-9-39(10-6-19)8-2-7-31(33,34)35/h13-15,17,19-22H,2-12,16H2,1H3,(H2,36,42)(H,37,38)/b24-14-. The van der Waals surface area contributed by atoms with Crippen molar-refractivity contribution in [3.8, 4) is 0 Å². The van der Waals surface area contributed by atoms with Gasteiger partial charge < -0.3 is 20.5 Å². The van der Waals surface area contributed by atoms with Gasteiger partial charge in [0.15, 0.2) is 0 Å². The van der Waals surface area contributed by atoms with Crippen LogP contribution in [-0.4, -0.2) is 89.1 Å². The Morgan fingerprint density at radius 3 is 2.39 bits per heavy atom. The van der Waals surface area contributed by atoms with Gasteiger partial charge in [-0.15, -0.1) is 0 Å². The highest BCUT2D eigenvalue weighted by Crippen LogP contribution is 2.47. The molecule has 0 radical (unpaired) electrons. The molecule has 3 N–H and O–H groups in total. The van der Waals surface area contributed by atoms with Crippen molar-refractivity contribution in [1.29, 1.82) is 0 Å². The number of hydrogen-bond acceptors (Lipinski definition) is 6. The number of piperidine rings is 2. The van der Waals surface area contributed by atoms with Gasteiger partial charge in [-0.05, 0) is 95.6 Å². The molecule has 2 aromatic rings. The maximum absolute atomic E-state index is 14.1. The molecule has 46 heavy (non-hydrogen) atoms. The highest BCUT2D eigenvalue weighted by molar-refractivity contribution is 7.89. The number of fused-ring (bicyclic) bond motifs is 3. The van der Waals surface area contributed by atoms with E-state index < -0.39 is 28.5 Å². The topological polar surface area (TPSA) is 133 Å². The van der Waals surface area contributed by atoms with E-state index >= 15 is 0 Å². The van der Waals surface area contributed by atoms with E-state index in [0.29, 0.717) is 80.7 Å². The molecule has 0 saturated carbocycles. The lowest BCUT2D eigenvalue weighted by Gasteiger charge is -2.42. The molecule has 2 atom stereocenters. The van der Waals surface area contributed by atoms with Crippen LogP contribution in [0.4, 0.5) is 18.9 Å². The molecule has 3 saturated heterocycles. The van der Waals surface area contributed by atoms with Crippen LogP contribution in [0.25, 0.3) is 11.6 Å². The van der Waals surface area contributed by atoms with E-state index in [1.165, 1.54) is 6.33 Å². The number of sulfonamides is 1. The summed E-state index contributed by atoms with van der Waals surface area (Å²) in [7, 11) is -3.60. The first-order valence-electron chi connectivity index (χ1n) is 15.7. The number of aromatic amines is 1. The number of anilines is 1. The first-order valence-corrected chi connectivity index (χ1v) is 17.7. The van der Waals surface area contributed by atoms with Crippen LogP contribution in [0.5, 0.6) is 0 Å². The number of aryl methyl sites for hydroxylation is 1. The van der Waals surface area contributed by atoms with Gasteiger partial charge in [0.05, 0.1) is 39.6 Å². The Bertz CT molecular complexity index is 1640. The van der Waals surface area contributed by atoms with E-state index in [1.54, 1.807) is 27.4 Å². The zero-order chi connectivity index (χ0) is 33.0. The van der Waals surface area contributed by atoms with Crippen molar-refractivity contribution in [1.82, 2.24) is 19.2 Å². The van der Waals surface area contributed by atoms with E-state index in [-0.39, 0.29) is 52.7 Å². The Morgan fingerprint density at radius 1 is 1.13 bits per heavy atom. The number of likely N-dealkylation sites (tertiary alicyclic amines) is 1. The second-order valence-electron chi connectivity index (χ2n) is 13.0. The number of hydrogen-bond donors (Lipinski definition) is 2. The average molecular weight is 683 g/mol. The number of aromatic nitrogens is 2. The highest BCUT2D eigenvalue weighted by Gasteiger charge is 2.51. The normalized spacial score (nSPS) is 25.5. The first-order chi connectivity index (χ1) is 21.7. The molecule has 15 heteroatoms. The molecule has 4 aliphatic heterocycles. The van der Waals surface area contributed by atoms with E-state index in [1.807, 2.05) is 11.8 Å². The summed E-state index contributed by atoms with van der Waals surface area (Å²) < 4.78 is 66.8. The Hall–Kier alpha value is -2.94. The summed E-state index contributed by atoms with van der Waals surface area (Å²) in [5, 5.41) is 0.135. The number of alkyl halides is 3. The van der Waals surface area contributed by atoms with Crippen molar-refractivity contribution in [2.24, 2.45) is 11.7 Å². The number of carbonyl (C=O) groups excluding carboxylic acids is 2. The minimum atomic E-state index is -4.16. The van der Waals surface area contributed by atoms with Crippen molar-refractivity contribution < 1.29 is 31.2 Å².